The summed E-state index contributed by atoms with van der Waals surface area (Å²) < 4.78 is 11.6. The number of hydrogen-bond acceptors (Lipinski definition) is 0. The van der Waals surface area contributed by atoms with E-state index < -0.39 is 0 Å². The maximum absolute atomic E-state index is 11.6. The largest absolute Gasteiger partial charge is 0.251 e. The van der Waals surface area contributed by atoms with E-state index in [4.69, 9.17) is 0 Å². The van der Waals surface area contributed by atoms with Crippen LogP contribution in [-0.2, 0) is 0 Å². The fraction of sp³-hybridized carbons (Fsp3) is 1.00. The molecule has 1 aliphatic rings. The van der Waals surface area contributed by atoms with Crippen LogP contribution in [0.5, 0.6) is 0 Å². The quantitative estimate of drug-likeness (QED) is 0.460. The maximum atomic E-state index is 11.6. The molecule has 7 heavy (non-hydrogen) atoms. The van der Waals surface area contributed by atoms with E-state index >= 15 is 0 Å². The summed E-state index contributed by atoms with van der Waals surface area (Å²) in [4.78, 5) is 0. The molecule has 1 heterocycles. The number of alkyl halides is 1. The Labute approximate surface area is 42.9 Å². The van der Waals surface area contributed by atoms with E-state index in [1.165, 1.54) is 0 Å². The Kier molecular flexibility index (Phi) is 1.63. The Hall–Kier alpha value is -0.110. The molecule has 0 aliphatic carbocycles. The smallest absolute Gasteiger partial charge is 0.0935 e. The molecule has 2 heteroatoms. The molecular weight excluding hydrogens is 93.1 g/mol. The van der Waals surface area contributed by atoms with Gasteiger partial charge >= 0.3 is 0 Å². The Morgan fingerprint density at radius 1 is 1.71 bits per heavy atom. The van der Waals surface area contributed by atoms with Crippen molar-refractivity contribution in [2.75, 3.05) is 19.8 Å². The van der Waals surface area contributed by atoms with Gasteiger partial charge < -0.3 is 0 Å². The molecule has 41 valence electrons. The minimum atomic E-state index is -0.177. The molecule has 0 amide bonds. The second kappa shape index (κ2) is 2.26. The zero-order valence-corrected chi connectivity index (χ0v) is 4.23. The van der Waals surface area contributed by atoms with Crippen LogP contribution in [0.2, 0.25) is 0 Å². The summed E-state index contributed by atoms with van der Waals surface area (Å²) in [7, 11) is 0. The summed E-state index contributed by atoms with van der Waals surface area (Å²) in [6, 6.07) is 0. The van der Waals surface area contributed by atoms with Crippen molar-refractivity contribution in [1.82, 2.24) is 5.32 Å². The van der Waals surface area contributed by atoms with Gasteiger partial charge in [-0.15, -0.1) is 0 Å². The standard InChI is InChI=1S/C5H9FN/c6-3-5-1-2-7-4-5/h5H,1-4H2/t5-/m1/s1. The predicted molar refractivity (Wildman–Crippen MR) is 25.9 cm³/mol. The zero-order chi connectivity index (χ0) is 5.11. The molecule has 0 aromatic rings. The van der Waals surface area contributed by atoms with Crippen LogP contribution in [0.1, 0.15) is 6.42 Å². The Balaban J connectivity index is 2.14. The lowest BCUT2D eigenvalue weighted by Crippen LogP contribution is -2.03. The number of rotatable bonds is 1. The third-order valence-electron chi connectivity index (χ3n) is 1.30. The fourth-order valence-corrected chi connectivity index (χ4v) is 0.765. The Morgan fingerprint density at radius 2 is 2.57 bits per heavy atom. The van der Waals surface area contributed by atoms with E-state index in [1.807, 2.05) is 0 Å². The first-order valence-corrected chi connectivity index (χ1v) is 2.62. The van der Waals surface area contributed by atoms with Crippen LogP contribution < -0.4 is 5.32 Å². The number of nitrogens with zero attached hydrogens (tertiary/aromatic N) is 1. The van der Waals surface area contributed by atoms with E-state index in [0.29, 0.717) is 0 Å². The van der Waals surface area contributed by atoms with Crippen molar-refractivity contribution in [3.05, 3.63) is 0 Å². The van der Waals surface area contributed by atoms with Crippen LogP contribution >= 0.6 is 0 Å². The zero-order valence-electron chi connectivity index (χ0n) is 4.23. The Bertz CT molecular complexity index is 50.0. The van der Waals surface area contributed by atoms with Crippen molar-refractivity contribution >= 4 is 0 Å². The molecule has 1 atom stereocenters. The van der Waals surface area contributed by atoms with E-state index in [0.717, 1.165) is 19.5 Å². The van der Waals surface area contributed by atoms with E-state index in [1.54, 1.807) is 0 Å². The van der Waals surface area contributed by atoms with Crippen LogP contribution in [-0.4, -0.2) is 19.8 Å². The molecular formula is C5H9FN. The highest BCUT2D eigenvalue weighted by atomic mass is 19.1. The summed E-state index contributed by atoms with van der Waals surface area (Å²) in [6.45, 7) is 1.47. The van der Waals surface area contributed by atoms with Gasteiger partial charge in [-0.05, 0) is 6.42 Å². The minimum Gasteiger partial charge on any atom is -0.251 e. The van der Waals surface area contributed by atoms with Crippen molar-refractivity contribution in [3.63, 3.8) is 0 Å². The molecule has 1 fully saturated rings. The van der Waals surface area contributed by atoms with E-state index in [-0.39, 0.29) is 12.6 Å². The van der Waals surface area contributed by atoms with Crippen molar-refractivity contribution in [3.8, 4) is 0 Å². The lowest BCUT2D eigenvalue weighted by Gasteiger charge is -1.95. The highest BCUT2D eigenvalue weighted by Crippen LogP contribution is 2.07. The van der Waals surface area contributed by atoms with Crippen LogP contribution in [0, 0.1) is 5.92 Å². The summed E-state index contributed by atoms with van der Waals surface area (Å²) in [6.07, 6.45) is 0.969. The van der Waals surface area contributed by atoms with Gasteiger partial charge in [-0.1, -0.05) is 0 Å². The predicted octanol–water partition coefficient (Wildman–Crippen LogP) is 0.580. The molecule has 1 rings (SSSR count). The molecule has 1 saturated heterocycles. The van der Waals surface area contributed by atoms with Gasteiger partial charge in [-0.25, -0.2) is 5.32 Å². The third kappa shape index (κ3) is 1.13. The lowest BCUT2D eigenvalue weighted by molar-refractivity contribution is 0.382. The topological polar surface area (TPSA) is 14.1 Å². The second-order valence-corrected chi connectivity index (χ2v) is 1.94. The van der Waals surface area contributed by atoms with Crippen molar-refractivity contribution in [1.29, 1.82) is 0 Å². The molecule has 0 unspecified atom stereocenters. The van der Waals surface area contributed by atoms with Gasteiger partial charge in [0.1, 0.15) is 0 Å². The number of halogens is 1. The van der Waals surface area contributed by atoms with E-state index in [2.05, 4.69) is 5.32 Å². The average molecular weight is 102 g/mol. The molecule has 0 spiro atoms. The summed E-state index contributed by atoms with van der Waals surface area (Å²) >= 11 is 0. The monoisotopic (exact) mass is 102 g/mol. The average Bonchev–Trinajstić information content (AvgIpc) is 2.14. The van der Waals surface area contributed by atoms with Crippen molar-refractivity contribution in [2.24, 2.45) is 5.92 Å². The van der Waals surface area contributed by atoms with Gasteiger partial charge in [0, 0.05) is 19.0 Å². The summed E-state index contributed by atoms with van der Waals surface area (Å²) in [5.41, 5.74) is 0. The molecule has 0 aromatic heterocycles. The molecule has 0 N–H and O–H groups in total. The Morgan fingerprint density at radius 3 is 2.86 bits per heavy atom. The van der Waals surface area contributed by atoms with Crippen LogP contribution in [0.3, 0.4) is 0 Å². The SMILES string of the molecule is FC[C@H]1CC[N]C1. The first-order valence-electron chi connectivity index (χ1n) is 2.62. The highest BCUT2D eigenvalue weighted by Gasteiger charge is 2.13. The second-order valence-electron chi connectivity index (χ2n) is 1.94. The molecule has 1 radical (unpaired) electrons. The van der Waals surface area contributed by atoms with Crippen LogP contribution in [0.25, 0.3) is 0 Å². The summed E-state index contributed by atoms with van der Waals surface area (Å²) in [5.74, 6) is 0.264. The first kappa shape index (κ1) is 5.04. The van der Waals surface area contributed by atoms with E-state index in [9.17, 15) is 4.39 Å². The van der Waals surface area contributed by atoms with Gasteiger partial charge in [-0.3, -0.25) is 4.39 Å². The van der Waals surface area contributed by atoms with Crippen molar-refractivity contribution < 1.29 is 4.39 Å². The van der Waals surface area contributed by atoms with Crippen LogP contribution in [0.4, 0.5) is 4.39 Å². The molecule has 1 nitrogen and oxygen atoms in total. The molecule has 0 aromatic carbocycles. The maximum Gasteiger partial charge on any atom is 0.0935 e. The van der Waals surface area contributed by atoms with Gasteiger partial charge in [0.25, 0.3) is 0 Å². The van der Waals surface area contributed by atoms with Crippen LogP contribution in [0.15, 0.2) is 0 Å². The fourth-order valence-electron chi connectivity index (χ4n) is 0.765. The van der Waals surface area contributed by atoms with Gasteiger partial charge in [-0.2, -0.15) is 0 Å². The highest BCUT2D eigenvalue weighted by molar-refractivity contribution is 4.68. The minimum absolute atomic E-state index is 0.177. The molecule has 0 saturated carbocycles. The van der Waals surface area contributed by atoms with Gasteiger partial charge in [0.05, 0.1) is 6.67 Å². The van der Waals surface area contributed by atoms with Crippen molar-refractivity contribution in [2.45, 2.75) is 6.42 Å². The summed E-state index contributed by atoms with van der Waals surface area (Å²) in [5, 5.41) is 4.00. The lowest BCUT2D eigenvalue weighted by atomic mass is 10.1. The third-order valence-corrected chi connectivity index (χ3v) is 1.30. The molecule has 0 bridgehead atoms. The molecule has 1 aliphatic heterocycles. The van der Waals surface area contributed by atoms with Gasteiger partial charge in [0.15, 0.2) is 0 Å². The normalized spacial score (nSPS) is 31.3. The van der Waals surface area contributed by atoms with Gasteiger partial charge in [0.2, 0.25) is 0 Å². The number of hydrogen-bond donors (Lipinski definition) is 0. The first-order chi connectivity index (χ1) is 3.43.